The molecule has 5 heteroatoms. The Morgan fingerprint density at radius 1 is 1.30 bits per heavy atom. The average Bonchev–Trinajstić information content (AvgIpc) is 3.24. The van der Waals surface area contributed by atoms with Gasteiger partial charge >= 0.3 is 0 Å². The van der Waals surface area contributed by atoms with E-state index in [0.717, 1.165) is 24.8 Å². The molecule has 0 spiro atoms. The minimum atomic E-state index is -0.174. The number of fused-ring (bicyclic) bond motifs is 1. The Hall–Kier alpha value is -2.14. The van der Waals surface area contributed by atoms with E-state index in [0.29, 0.717) is 6.61 Å². The van der Waals surface area contributed by atoms with E-state index in [1.165, 1.54) is 11.1 Å². The number of hydrogen-bond donors (Lipinski definition) is 1. The van der Waals surface area contributed by atoms with Crippen LogP contribution in [0.15, 0.2) is 36.7 Å². The van der Waals surface area contributed by atoms with Crippen molar-refractivity contribution in [2.45, 2.75) is 31.4 Å². The van der Waals surface area contributed by atoms with Gasteiger partial charge in [-0.25, -0.2) is 0 Å². The molecule has 0 saturated carbocycles. The Balaban J connectivity index is 1.43. The lowest BCUT2D eigenvalue weighted by Gasteiger charge is -2.20. The first kappa shape index (κ1) is 14.5. The summed E-state index contributed by atoms with van der Waals surface area (Å²) in [6.07, 6.45) is 6.17. The lowest BCUT2D eigenvalue weighted by Crippen LogP contribution is -2.40. The van der Waals surface area contributed by atoms with Crippen molar-refractivity contribution < 1.29 is 9.53 Å². The second-order valence-corrected chi connectivity index (χ2v) is 6.52. The highest BCUT2D eigenvalue weighted by Gasteiger charge is 2.37. The van der Waals surface area contributed by atoms with E-state index >= 15 is 0 Å². The number of nitrogens with zero attached hydrogens (tertiary/aromatic N) is 2. The van der Waals surface area contributed by atoms with Gasteiger partial charge in [-0.3, -0.25) is 9.48 Å². The van der Waals surface area contributed by atoms with Crippen LogP contribution in [0, 0.1) is 5.92 Å². The summed E-state index contributed by atoms with van der Waals surface area (Å²) >= 11 is 0. The number of hydrogen-bond acceptors (Lipinski definition) is 3. The molecule has 2 atom stereocenters. The molecule has 1 aromatic carbocycles. The van der Waals surface area contributed by atoms with Crippen LogP contribution in [0.25, 0.3) is 0 Å². The minimum Gasteiger partial charge on any atom is -0.373 e. The molecular weight excluding hydrogens is 290 g/mol. The number of aromatic nitrogens is 2. The van der Waals surface area contributed by atoms with Crippen molar-refractivity contribution in [3.63, 3.8) is 0 Å². The normalized spacial score (nSPS) is 23.9. The molecule has 1 amide bonds. The number of amides is 1. The van der Waals surface area contributed by atoms with E-state index in [1.807, 2.05) is 13.2 Å². The van der Waals surface area contributed by atoms with Crippen molar-refractivity contribution in [2.24, 2.45) is 13.0 Å². The smallest absolute Gasteiger partial charge is 0.226 e. The van der Waals surface area contributed by atoms with Crippen molar-refractivity contribution in [1.29, 1.82) is 0 Å². The molecule has 1 aliphatic heterocycles. The number of aryl methyl sites for hydroxylation is 1. The zero-order valence-corrected chi connectivity index (χ0v) is 13.2. The average molecular weight is 311 g/mol. The lowest BCUT2D eigenvalue weighted by atomic mass is 9.96. The van der Waals surface area contributed by atoms with Gasteiger partial charge in [-0.2, -0.15) is 5.10 Å². The zero-order valence-electron chi connectivity index (χ0n) is 13.2. The highest BCUT2D eigenvalue weighted by atomic mass is 16.5. The second-order valence-electron chi connectivity index (χ2n) is 6.52. The third kappa shape index (κ3) is 2.77. The lowest BCUT2D eigenvalue weighted by molar-refractivity contribution is -0.127. The molecule has 2 aliphatic rings. The summed E-state index contributed by atoms with van der Waals surface area (Å²) in [5.74, 6) is -0.0166. The fourth-order valence-corrected chi connectivity index (χ4v) is 3.74. The van der Waals surface area contributed by atoms with Gasteiger partial charge in [-0.15, -0.1) is 0 Å². The first-order valence-corrected chi connectivity index (χ1v) is 8.18. The predicted octanol–water partition coefficient (Wildman–Crippen LogP) is 1.78. The molecule has 120 valence electrons. The number of carbonyl (C=O) groups is 1. The molecule has 1 fully saturated rings. The van der Waals surface area contributed by atoms with Crippen LogP contribution in [0.2, 0.25) is 0 Å². The molecule has 2 aromatic rings. The molecule has 1 aromatic heterocycles. The number of benzene rings is 1. The van der Waals surface area contributed by atoms with Gasteiger partial charge in [-0.1, -0.05) is 24.3 Å². The van der Waals surface area contributed by atoms with Gasteiger partial charge in [0.05, 0.1) is 18.2 Å². The summed E-state index contributed by atoms with van der Waals surface area (Å²) in [5.41, 5.74) is 3.69. The van der Waals surface area contributed by atoms with Crippen LogP contribution in [0.3, 0.4) is 0 Å². The van der Waals surface area contributed by atoms with Gasteiger partial charge in [0.25, 0.3) is 0 Å². The molecule has 4 rings (SSSR count). The van der Waals surface area contributed by atoms with Gasteiger partial charge in [0.15, 0.2) is 0 Å². The van der Waals surface area contributed by atoms with Crippen LogP contribution in [-0.4, -0.2) is 28.3 Å². The van der Waals surface area contributed by atoms with Gasteiger partial charge in [0.1, 0.15) is 0 Å². The van der Waals surface area contributed by atoms with Gasteiger partial charge in [-0.05, 0) is 30.4 Å². The third-order valence-corrected chi connectivity index (χ3v) is 4.88. The number of carbonyl (C=O) groups excluding carboxylic acids is 1. The maximum atomic E-state index is 12.7. The van der Waals surface area contributed by atoms with E-state index in [1.54, 1.807) is 10.9 Å². The van der Waals surface area contributed by atoms with Crippen molar-refractivity contribution in [3.05, 3.63) is 53.3 Å². The molecule has 0 radical (unpaired) electrons. The van der Waals surface area contributed by atoms with Crippen molar-refractivity contribution in [3.8, 4) is 0 Å². The van der Waals surface area contributed by atoms with Gasteiger partial charge < -0.3 is 10.1 Å². The van der Waals surface area contributed by atoms with Crippen molar-refractivity contribution in [2.75, 3.05) is 6.61 Å². The van der Waals surface area contributed by atoms with E-state index in [4.69, 9.17) is 4.74 Å². The second kappa shape index (κ2) is 5.81. The first-order valence-electron chi connectivity index (χ1n) is 8.18. The molecule has 23 heavy (non-hydrogen) atoms. The van der Waals surface area contributed by atoms with Crippen LogP contribution in [0.4, 0.5) is 0 Å². The monoisotopic (exact) mass is 311 g/mol. The third-order valence-electron chi connectivity index (χ3n) is 4.88. The maximum absolute atomic E-state index is 12.7. The molecule has 5 nitrogen and oxygen atoms in total. The Morgan fingerprint density at radius 3 is 2.70 bits per heavy atom. The maximum Gasteiger partial charge on any atom is 0.226 e. The van der Waals surface area contributed by atoms with Crippen LogP contribution >= 0.6 is 0 Å². The van der Waals surface area contributed by atoms with E-state index in [-0.39, 0.29) is 24.0 Å². The van der Waals surface area contributed by atoms with Gasteiger partial charge in [0, 0.05) is 31.5 Å². The Kier molecular flexibility index (Phi) is 3.65. The van der Waals surface area contributed by atoms with Crippen molar-refractivity contribution >= 4 is 5.91 Å². The predicted molar refractivity (Wildman–Crippen MR) is 85.8 cm³/mol. The van der Waals surface area contributed by atoms with E-state index in [2.05, 4.69) is 34.7 Å². The molecule has 1 N–H and O–H groups in total. The molecule has 1 aliphatic carbocycles. The summed E-state index contributed by atoms with van der Waals surface area (Å²) in [6, 6.07) is 8.63. The molecule has 0 unspecified atom stereocenters. The summed E-state index contributed by atoms with van der Waals surface area (Å²) < 4.78 is 7.55. The molecule has 1 saturated heterocycles. The minimum absolute atomic E-state index is 0.106. The first-order chi connectivity index (χ1) is 11.2. The Morgan fingerprint density at radius 2 is 2.04 bits per heavy atom. The molecule has 0 bridgehead atoms. The number of nitrogens with one attached hydrogen (secondary N) is 1. The topological polar surface area (TPSA) is 56.1 Å². The summed E-state index contributed by atoms with van der Waals surface area (Å²) in [4.78, 5) is 12.7. The summed E-state index contributed by atoms with van der Waals surface area (Å²) in [6.45, 7) is 0.628. The fraction of sp³-hybridized carbons (Fsp3) is 0.444. The Labute approximate surface area is 135 Å². The van der Waals surface area contributed by atoms with E-state index in [9.17, 15) is 4.79 Å². The van der Waals surface area contributed by atoms with Crippen LogP contribution in [0.5, 0.6) is 0 Å². The number of rotatable bonds is 3. The number of ether oxygens (including phenoxy) is 1. The summed E-state index contributed by atoms with van der Waals surface area (Å²) in [7, 11) is 1.88. The van der Waals surface area contributed by atoms with Crippen LogP contribution < -0.4 is 5.32 Å². The van der Waals surface area contributed by atoms with E-state index < -0.39 is 0 Å². The van der Waals surface area contributed by atoms with Crippen LogP contribution in [0.1, 0.15) is 29.2 Å². The van der Waals surface area contributed by atoms with Crippen LogP contribution in [-0.2, 0) is 29.4 Å². The Bertz CT molecular complexity index is 700. The highest BCUT2D eigenvalue weighted by Crippen LogP contribution is 2.34. The summed E-state index contributed by atoms with van der Waals surface area (Å²) in [5, 5.41) is 7.42. The SMILES string of the molecule is Cn1cc([C@H]2OCC[C@@H]2C(=O)NC2Cc3ccccc3C2)cn1. The zero-order chi connectivity index (χ0) is 15.8. The standard InChI is InChI=1S/C18H21N3O2/c1-21-11-14(10-19-21)17-16(6-7-23-17)18(22)20-15-8-12-4-2-3-5-13(12)9-15/h2-5,10-11,15-17H,6-9H2,1H3,(H,20,22)/t16-,17+/m0/s1. The van der Waals surface area contributed by atoms with Gasteiger partial charge in [0.2, 0.25) is 5.91 Å². The largest absolute Gasteiger partial charge is 0.373 e. The fourth-order valence-electron chi connectivity index (χ4n) is 3.74. The highest BCUT2D eigenvalue weighted by molar-refractivity contribution is 5.80. The van der Waals surface area contributed by atoms with Crippen molar-refractivity contribution in [1.82, 2.24) is 15.1 Å². The quantitative estimate of drug-likeness (QED) is 0.940. The molecular formula is C18H21N3O2. The molecule has 2 heterocycles.